The number of tetrazole rings is 1. The Hall–Kier alpha value is -2.64. The van der Waals surface area contributed by atoms with Crippen LogP contribution in [0.2, 0.25) is 0 Å². The van der Waals surface area contributed by atoms with Crippen LogP contribution < -0.4 is 14.8 Å². The summed E-state index contributed by atoms with van der Waals surface area (Å²) in [6, 6.07) is 5.11. The molecule has 8 heteroatoms. The highest BCUT2D eigenvalue weighted by Gasteiger charge is 2.07. The van der Waals surface area contributed by atoms with Crippen molar-refractivity contribution in [3.63, 3.8) is 0 Å². The van der Waals surface area contributed by atoms with E-state index >= 15 is 0 Å². The maximum atomic E-state index is 11.8. The molecule has 0 atom stereocenters. The highest BCUT2D eigenvalue weighted by atomic mass is 16.5. The molecule has 0 spiro atoms. The van der Waals surface area contributed by atoms with E-state index in [1.807, 2.05) is 0 Å². The molecule has 19 heavy (non-hydrogen) atoms. The number of hydrogen-bond acceptors (Lipinski definition) is 6. The van der Waals surface area contributed by atoms with Gasteiger partial charge in [-0.2, -0.15) is 0 Å². The highest BCUT2D eigenvalue weighted by Crippen LogP contribution is 2.25. The molecule has 0 aliphatic carbocycles. The van der Waals surface area contributed by atoms with Crippen molar-refractivity contribution in [2.75, 3.05) is 19.5 Å². The molecule has 1 N–H and O–H groups in total. The maximum absolute atomic E-state index is 11.8. The molecule has 2 aromatic rings. The molecule has 0 saturated heterocycles. The largest absolute Gasteiger partial charge is 0.497 e. The van der Waals surface area contributed by atoms with Crippen LogP contribution in [0.5, 0.6) is 11.5 Å². The Labute approximate surface area is 109 Å². The summed E-state index contributed by atoms with van der Waals surface area (Å²) in [6.07, 6.45) is 1.37. The third-order valence-electron chi connectivity index (χ3n) is 2.33. The van der Waals surface area contributed by atoms with Crippen LogP contribution in [0.25, 0.3) is 0 Å². The molecule has 0 unspecified atom stereocenters. The Morgan fingerprint density at radius 1 is 1.26 bits per heavy atom. The molecule has 0 radical (unpaired) electrons. The molecular weight excluding hydrogens is 250 g/mol. The van der Waals surface area contributed by atoms with E-state index in [9.17, 15) is 4.79 Å². The van der Waals surface area contributed by atoms with Crippen molar-refractivity contribution in [1.82, 2.24) is 20.2 Å². The first kappa shape index (κ1) is 12.8. The molecule has 100 valence electrons. The summed E-state index contributed by atoms with van der Waals surface area (Å²) in [5.74, 6) is 0.941. The van der Waals surface area contributed by atoms with Crippen LogP contribution >= 0.6 is 0 Å². The summed E-state index contributed by atoms with van der Waals surface area (Å²) < 4.78 is 11.6. The smallest absolute Gasteiger partial charge is 0.246 e. The van der Waals surface area contributed by atoms with Gasteiger partial charge < -0.3 is 14.8 Å². The summed E-state index contributed by atoms with van der Waals surface area (Å²) in [5.41, 5.74) is 0.578. The van der Waals surface area contributed by atoms with E-state index in [1.54, 1.807) is 32.4 Å². The Morgan fingerprint density at radius 2 is 1.95 bits per heavy atom. The summed E-state index contributed by atoms with van der Waals surface area (Å²) in [4.78, 5) is 11.8. The fourth-order valence-electron chi connectivity index (χ4n) is 1.48. The lowest BCUT2D eigenvalue weighted by atomic mass is 10.2. The van der Waals surface area contributed by atoms with E-state index in [0.29, 0.717) is 17.2 Å². The number of hydrogen-bond donors (Lipinski definition) is 1. The summed E-state index contributed by atoms with van der Waals surface area (Å²) >= 11 is 0. The molecular formula is C11H13N5O3. The van der Waals surface area contributed by atoms with Gasteiger partial charge in [0.1, 0.15) is 24.4 Å². The van der Waals surface area contributed by atoms with Crippen LogP contribution in [0.15, 0.2) is 24.5 Å². The van der Waals surface area contributed by atoms with Crippen molar-refractivity contribution in [1.29, 1.82) is 0 Å². The molecule has 1 heterocycles. The Bertz CT molecular complexity index is 533. The molecule has 0 fully saturated rings. The zero-order valence-corrected chi connectivity index (χ0v) is 10.5. The SMILES string of the molecule is COc1cc(NC(=O)Cn2cnnn2)cc(OC)c1. The van der Waals surface area contributed by atoms with Crippen LogP contribution in [-0.2, 0) is 11.3 Å². The molecule has 2 rings (SSSR count). The van der Waals surface area contributed by atoms with Crippen LogP contribution in [0.1, 0.15) is 0 Å². The first-order valence-corrected chi connectivity index (χ1v) is 5.45. The van der Waals surface area contributed by atoms with Crippen molar-refractivity contribution >= 4 is 11.6 Å². The number of amides is 1. The van der Waals surface area contributed by atoms with Crippen molar-refractivity contribution < 1.29 is 14.3 Å². The van der Waals surface area contributed by atoms with Gasteiger partial charge in [-0.05, 0) is 10.4 Å². The first-order chi connectivity index (χ1) is 9.21. The fraction of sp³-hybridized carbons (Fsp3) is 0.273. The number of nitrogens with one attached hydrogen (secondary N) is 1. The highest BCUT2D eigenvalue weighted by molar-refractivity contribution is 5.90. The van der Waals surface area contributed by atoms with Gasteiger partial charge >= 0.3 is 0 Å². The zero-order chi connectivity index (χ0) is 13.7. The Morgan fingerprint density at radius 3 is 2.47 bits per heavy atom. The van der Waals surface area contributed by atoms with Gasteiger partial charge in [0, 0.05) is 23.9 Å². The quantitative estimate of drug-likeness (QED) is 0.835. The summed E-state index contributed by atoms with van der Waals surface area (Å²) in [6.45, 7) is 0.0343. The number of carbonyl (C=O) groups is 1. The van der Waals surface area contributed by atoms with E-state index in [0.717, 1.165) is 0 Å². The second-order valence-electron chi connectivity index (χ2n) is 3.66. The summed E-state index contributed by atoms with van der Waals surface area (Å²) in [5, 5.41) is 13.2. The number of rotatable bonds is 5. The van der Waals surface area contributed by atoms with Gasteiger partial charge in [0.25, 0.3) is 0 Å². The number of ether oxygens (including phenoxy) is 2. The molecule has 1 amide bonds. The van der Waals surface area contributed by atoms with Crippen molar-refractivity contribution in [2.24, 2.45) is 0 Å². The molecule has 0 saturated carbocycles. The number of benzene rings is 1. The maximum Gasteiger partial charge on any atom is 0.246 e. The number of anilines is 1. The first-order valence-electron chi connectivity index (χ1n) is 5.45. The minimum absolute atomic E-state index is 0.0343. The second-order valence-corrected chi connectivity index (χ2v) is 3.66. The minimum Gasteiger partial charge on any atom is -0.497 e. The zero-order valence-electron chi connectivity index (χ0n) is 10.5. The number of nitrogens with zero attached hydrogens (tertiary/aromatic N) is 4. The molecule has 0 aliphatic heterocycles. The molecule has 1 aromatic carbocycles. The molecule has 1 aromatic heterocycles. The van der Waals surface area contributed by atoms with Gasteiger partial charge in [0.2, 0.25) is 5.91 Å². The van der Waals surface area contributed by atoms with Crippen LogP contribution in [0, 0.1) is 0 Å². The third kappa shape index (κ3) is 3.41. The number of carbonyl (C=O) groups excluding carboxylic acids is 1. The monoisotopic (exact) mass is 263 g/mol. The van der Waals surface area contributed by atoms with Crippen molar-refractivity contribution in [3.8, 4) is 11.5 Å². The van der Waals surface area contributed by atoms with E-state index in [1.165, 1.54) is 11.0 Å². The lowest BCUT2D eigenvalue weighted by molar-refractivity contribution is -0.116. The van der Waals surface area contributed by atoms with Gasteiger partial charge in [-0.3, -0.25) is 4.79 Å². The van der Waals surface area contributed by atoms with Gasteiger partial charge in [-0.25, -0.2) is 4.68 Å². The second kappa shape index (κ2) is 5.80. The predicted molar refractivity (Wildman–Crippen MR) is 66.0 cm³/mol. The minimum atomic E-state index is -0.248. The molecule has 0 aliphatic rings. The lowest BCUT2D eigenvalue weighted by Crippen LogP contribution is -2.19. The van der Waals surface area contributed by atoms with Crippen molar-refractivity contribution in [2.45, 2.75) is 6.54 Å². The van der Waals surface area contributed by atoms with E-state index in [4.69, 9.17) is 9.47 Å². The lowest BCUT2D eigenvalue weighted by Gasteiger charge is -2.09. The van der Waals surface area contributed by atoms with Gasteiger partial charge in [-0.1, -0.05) is 0 Å². The normalized spacial score (nSPS) is 10.0. The van der Waals surface area contributed by atoms with E-state index in [2.05, 4.69) is 20.8 Å². The topological polar surface area (TPSA) is 91.2 Å². The van der Waals surface area contributed by atoms with Gasteiger partial charge in [-0.15, -0.1) is 5.10 Å². The third-order valence-corrected chi connectivity index (χ3v) is 2.33. The van der Waals surface area contributed by atoms with Crippen molar-refractivity contribution in [3.05, 3.63) is 24.5 Å². The van der Waals surface area contributed by atoms with E-state index in [-0.39, 0.29) is 12.5 Å². The number of aromatic nitrogens is 4. The molecule has 8 nitrogen and oxygen atoms in total. The predicted octanol–water partition coefficient (Wildman–Crippen LogP) is 0.329. The van der Waals surface area contributed by atoms with E-state index < -0.39 is 0 Å². The van der Waals surface area contributed by atoms with Crippen LogP contribution in [-0.4, -0.2) is 40.3 Å². The fourth-order valence-corrected chi connectivity index (χ4v) is 1.48. The standard InChI is InChI=1S/C11H13N5O3/c1-18-9-3-8(4-10(5-9)19-2)13-11(17)6-16-7-12-14-15-16/h3-5,7H,6H2,1-2H3,(H,13,17). The average molecular weight is 263 g/mol. The number of methoxy groups -OCH3 is 2. The molecule has 0 bridgehead atoms. The Kier molecular flexibility index (Phi) is 3.91. The van der Waals surface area contributed by atoms with Crippen LogP contribution in [0.4, 0.5) is 5.69 Å². The average Bonchev–Trinajstić information content (AvgIpc) is 2.90. The van der Waals surface area contributed by atoms with Gasteiger partial charge in [0.05, 0.1) is 14.2 Å². The Balaban J connectivity index is 2.07. The summed E-state index contributed by atoms with van der Waals surface area (Å²) in [7, 11) is 3.09. The van der Waals surface area contributed by atoms with Gasteiger partial charge in [0.15, 0.2) is 0 Å². The van der Waals surface area contributed by atoms with Crippen LogP contribution in [0.3, 0.4) is 0 Å².